The van der Waals surface area contributed by atoms with E-state index in [-0.39, 0.29) is 19.9 Å². The van der Waals surface area contributed by atoms with Gasteiger partial charge >= 0.3 is 0 Å². The largest absolute Gasteiger partial charge is 0.494 e. The van der Waals surface area contributed by atoms with Crippen LogP contribution < -0.4 is 4.74 Å². The maximum atomic E-state index is 13.1. The van der Waals surface area contributed by atoms with Crippen LogP contribution in [0.1, 0.15) is 26.3 Å². The monoisotopic (exact) mass is 483 g/mol. The lowest BCUT2D eigenvalue weighted by Gasteiger charge is -2.19. The van der Waals surface area contributed by atoms with Crippen molar-refractivity contribution in [3.05, 3.63) is 57.7 Å². The van der Waals surface area contributed by atoms with Crippen molar-refractivity contribution in [2.45, 2.75) is 36.1 Å². The fraction of sp³-hybridized carbons (Fsp3) is 0.263. The summed E-state index contributed by atoms with van der Waals surface area (Å²) in [5.41, 5.74) is 1.44. The van der Waals surface area contributed by atoms with Crippen LogP contribution >= 0.6 is 27.5 Å². The Balaban J connectivity index is 2.07. The van der Waals surface area contributed by atoms with Gasteiger partial charge in [-0.1, -0.05) is 49.7 Å². The standard InChI is InChI=1S/C19H19BrClN3O3S/c1-19(2,3)12-5-8-14(9-6-12)28(25,26)18-17(20)24(23-22-18)15-11-13(21)7-10-16(15)27-4/h5-11H,1-4H3. The Morgan fingerprint density at radius 1 is 1.11 bits per heavy atom. The van der Waals surface area contributed by atoms with E-state index in [1.807, 2.05) is 12.1 Å². The van der Waals surface area contributed by atoms with E-state index in [4.69, 9.17) is 16.3 Å². The van der Waals surface area contributed by atoms with Crippen LogP contribution in [0.3, 0.4) is 0 Å². The Morgan fingerprint density at radius 3 is 2.32 bits per heavy atom. The number of hydrogen-bond donors (Lipinski definition) is 0. The van der Waals surface area contributed by atoms with Crippen molar-refractivity contribution >= 4 is 37.4 Å². The maximum absolute atomic E-state index is 13.1. The summed E-state index contributed by atoms with van der Waals surface area (Å²) in [5.74, 6) is 0.480. The molecule has 0 aliphatic heterocycles. The van der Waals surface area contributed by atoms with E-state index < -0.39 is 9.84 Å². The number of benzene rings is 2. The molecule has 148 valence electrons. The van der Waals surface area contributed by atoms with Crippen LogP contribution in [0.2, 0.25) is 5.02 Å². The molecule has 1 aromatic heterocycles. The predicted octanol–water partition coefficient (Wildman–Crippen LogP) is 4.82. The lowest BCUT2D eigenvalue weighted by atomic mass is 9.87. The first kappa shape index (κ1) is 20.8. The van der Waals surface area contributed by atoms with Crippen LogP contribution in [-0.2, 0) is 15.3 Å². The number of aromatic nitrogens is 3. The summed E-state index contributed by atoms with van der Waals surface area (Å²) in [6.45, 7) is 6.20. The van der Waals surface area contributed by atoms with Crippen LogP contribution in [0, 0.1) is 0 Å². The minimum atomic E-state index is -3.86. The highest BCUT2D eigenvalue weighted by molar-refractivity contribution is 9.10. The molecule has 0 amide bonds. The van der Waals surface area contributed by atoms with E-state index in [0.29, 0.717) is 16.5 Å². The quantitative estimate of drug-likeness (QED) is 0.531. The lowest BCUT2D eigenvalue weighted by Crippen LogP contribution is -2.11. The minimum absolute atomic E-state index is 0.0743. The molecule has 0 unspecified atom stereocenters. The fourth-order valence-electron chi connectivity index (χ4n) is 2.65. The number of halogens is 2. The van der Waals surface area contributed by atoms with Gasteiger partial charge in [0.15, 0.2) is 0 Å². The number of methoxy groups -OCH3 is 1. The molecular formula is C19H19BrClN3O3S. The van der Waals surface area contributed by atoms with E-state index in [2.05, 4.69) is 47.0 Å². The molecule has 0 bridgehead atoms. The second kappa shape index (κ2) is 7.50. The van der Waals surface area contributed by atoms with Gasteiger partial charge < -0.3 is 4.74 Å². The van der Waals surface area contributed by atoms with Crippen LogP contribution in [0.15, 0.2) is 57.0 Å². The van der Waals surface area contributed by atoms with E-state index >= 15 is 0 Å². The molecule has 0 spiro atoms. The van der Waals surface area contributed by atoms with Gasteiger partial charge in [0.05, 0.1) is 12.0 Å². The molecule has 3 rings (SSSR count). The molecule has 6 nitrogen and oxygen atoms in total. The highest BCUT2D eigenvalue weighted by atomic mass is 79.9. The molecule has 9 heteroatoms. The van der Waals surface area contributed by atoms with Crippen LogP contribution in [0.4, 0.5) is 0 Å². The number of nitrogens with zero attached hydrogens (tertiary/aromatic N) is 3. The first-order valence-corrected chi connectivity index (χ1v) is 11.0. The Morgan fingerprint density at radius 2 is 1.75 bits per heavy atom. The van der Waals surface area contributed by atoms with Gasteiger partial charge in [-0.3, -0.25) is 0 Å². The molecule has 0 aliphatic carbocycles. The predicted molar refractivity (Wildman–Crippen MR) is 111 cm³/mol. The molecule has 1 heterocycles. The first-order chi connectivity index (χ1) is 13.1. The molecule has 0 saturated carbocycles. The van der Waals surface area contributed by atoms with Crippen LogP contribution in [-0.4, -0.2) is 30.5 Å². The second-order valence-electron chi connectivity index (χ2n) is 7.19. The van der Waals surface area contributed by atoms with Crippen molar-refractivity contribution in [2.24, 2.45) is 0 Å². The number of sulfone groups is 1. The van der Waals surface area contributed by atoms with E-state index in [1.54, 1.807) is 30.3 Å². The molecular weight excluding hydrogens is 466 g/mol. The molecule has 0 fully saturated rings. The molecule has 28 heavy (non-hydrogen) atoms. The van der Waals surface area contributed by atoms with E-state index in [1.165, 1.54) is 11.8 Å². The van der Waals surface area contributed by atoms with Gasteiger partial charge in [0, 0.05) is 5.02 Å². The highest BCUT2D eigenvalue weighted by Gasteiger charge is 2.28. The zero-order valence-corrected chi connectivity index (χ0v) is 18.9. The molecule has 0 N–H and O–H groups in total. The van der Waals surface area contributed by atoms with E-state index in [0.717, 1.165) is 5.56 Å². The number of rotatable bonds is 4. The van der Waals surface area contributed by atoms with Crippen molar-refractivity contribution in [1.29, 1.82) is 0 Å². The molecule has 0 radical (unpaired) electrons. The Bertz CT molecular complexity index is 1120. The number of ether oxygens (including phenoxy) is 1. The third kappa shape index (κ3) is 3.81. The van der Waals surface area contributed by atoms with Gasteiger partial charge in [0.1, 0.15) is 16.0 Å². The topological polar surface area (TPSA) is 74.1 Å². The van der Waals surface area contributed by atoms with Crippen LogP contribution in [0.5, 0.6) is 5.75 Å². The molecule has 0 aliphatic rings. The van der Waals surface area contributed by atoms with Gasteiger partial charge in [-0.15, -0.1) is 5.10 Å². The van der Waals surface area contributed by atoms with Crippen molar-refractivity contribution in [2.75, 3.05) is 7.11 Å². The summed E-state index contributed by atoms with van der Waals surface area (Å²) in [6.07, 6.45) is 0. The van der Waals surface area contributed by atoms with Crippen LogP contribution in [0.25, 0.3) is 5.69 Å². The Hall–Kier alpha value is -1.90. The van der Waals surface area contributed by atoms with Gasteiger partial charge in [-0.25, -0.2) is 13.1 Å². The van der Waals surface area contributed by atoms with Crippen molar-refractivity contribution in [3.63, 3.8) is 0 Å². The first-order valence-electron chi connectivity index (χ1n) is 8.36. The SMILES string of the molecule is COc1ccc(Cl)cc1-n1nnc(S(=O)(=O)c2ccc(C(C)(C)C)cc2)c1Br. The summed E-state index contributed by atoms with van der Waals surface area (Å²) >= 11 is 9.38. The van der Waals surface area contributed by atoms with Gasteiger partial charge in [-0.2, -0.15) is 0 Å². The molecule has 3 aromatic rings. The third-order valence-electron chi connectivity index (χ3n) is 4.24. The van der Waals surface area contributed by atoms with Crippen molar-refractivity contribution in [3.8, 4) is 11.4 Å². The smallest absolute Gasteiger partial charge is 0.228 e. The number of hydrogen-bond acceptors (Lipinski definition) is 5. The minimum Gasteiger partial charge on any atom is -0.494 e. The van der Waals surface area contributed by atoms with Gasteiger partial charge in [-0.05, 0) is 57.2 Å². The Kier molecular flexibility index (Phi) is 5.58. The van der Waals surface area contributed by atoms with Crippen molar-refractivity contribution < 1.29 is 13.2 Å². The summed E-state index contributed by atoms with van der Waals surface area (Å²) < 4.78 is 33.0. The lowest BCUT2D eigenvalue weighted by molar-refractivity contribution is 0.411. The molecule has 0 atom stereocenters. The zero-order chi connectivity index (χ0) is 20.7. The normalized spacial score (nSPS) is 12.2. The van der Waals surface area contributed by atoms with E-state index in [9.17, 15) is 8.42 Å². The Labute approximate surface area is 177 Å². The summed E-state index contributed by atoms with van der Waals surface area (Å²) in [4.78, 5) is 0.145. The molecule has 2 aromatic carbocycles. The second-order valence-corrected chi connectivity index (χ2v) is 10.2. The average molecular weight is 485 g/mol. The summed E-state index contributed by atoms with van der Waals surface area (Å²) in [6, 6.07) is 11.8. The summed E-state index contributed by atoms with van der Waals surface area (Å²) in [7, 11) is -2.36. The maximum Gasteiger partial charge on any atom is 0.228 e. The van der Waals surface area contributed by atoms with Gasteiger partial charge in [0.2, 0.25) is 14.9 Å². The molecule has 0 saturated heterocycles. The van der Waals surface area contributed by atoms with Gasteiger partial charge in [0.25, 0.3) is 0 Å². The van der Waals surface area contributed by atoms with Crippen molar-refractivity contribution in [1.82, 2.24) is 15.0 Å². The summed E-state index contributed by atoms with van der Waals surface area (Å²) in [5, 5.41) is 8.16. The highest BCUT2D eigenvalue weighted by Crippen LogP contribution is 2.33. The third-order valence-corrected chi connectivity index (χ3v) is 7.13. The fourth-order valence-corrected chi connectivity index (χ4v) is 4.97. The zero-order valence-electron chi connectivity index (χ0n) is 15.8. The average Bonchev–Trinajstić information content (AvgIpc) is 3.03.